The zero-order valence-electron chi connectivity index (χ0n) is 26.0. The molecule has 4 heterocycles. The minimum absolute atomic E-state index is 0.00951. The molecule has 0 spiro atoms. The van der Waals surface area contributed by atoms with E-state index in [9.17, 15) is 9.59 Å². The Morgan fingerprint density at radius 3 is 2.43 bits per heavy atom. The number of amides is 1. The van der Waals surface area contributed by atoms with Crippen molar-refractivity contribution in [1.29, 1.82) is 0 Å². The van der Waals surface area contributed by atoms with Crippen LogP contribution in [0.1, 0.15) is 24.2 Å². The van der Waals surface area contributed by atoms with Crippen molar-refractivity contribution in [2.24, 2.45) is 7.05 Å². The van der Waals surface area contributed by atoms with Gasteiger partial charge >= 0.3 is 0 Å². The molecule has 0 bridgehead atoms. The van der Waals surface area contributed by atoms with Gasteiger partial charge in [0, 0.05) is 78.7 Å². The highest BCUT2D eigenvalue weighted by molar-refractivity contribution is 6.39. The molecular weight excluding hydrogens is 641 g/mol. The lowest BCUT2D eigenvalue weighted by atomic mass is 9.97. The lowest BCUT2D eigenvalue weighted by Crippen LogP contribution is -2.35. The fraction of sp³-hybridized carbons (Fsp3) is 0.294. The SMILES string of the molecule is COc1nc(-c2cccc(-c3cccc(-c4cc5c(=O)n(C)c(CNCCO)nn5c4)c3Cl)c2Cl)ccc1CNC[C@@H]1CCC(=O)N1. The Balaban J connectivity index is 1.28. The Labute approximate surface area is 281 Å². The van der Waals surface area contributed by atoms with Gasteiger partial charge in [-0.3, -0.25) is 14.2 Å². The highest BCUT2D eigenvalue weighted by Crippen LogP contribution is 2.42. The molecule has 11 nitrogen and oxygen atoms in total. The number of hydrogen-bond acceptors (Lipinski definition) is 8. The lowest BCUT2D eigenvalue weighted by molar-refractivity contribution is -0.119. The smallest absolute Gasteiger partial charge is 0.277 e. The van der Waals surface area contributed by atoms with Crippen LogP contribution in [0.4, 0.5) is 0 Å². The van der Waals surface area contributed by atoms with Crippen molar-refractivity contribution in [2.45, 2.75) is 32.0 Å². The van der Waals surface area contributed by atoms with E-state index in [4.69, 9.17) is 38.0 Å². The second-order valence-corrected chi connectivity index (χ2v) is 12.1. The number of fused-ring (bicyclic) bond motifs is 1. The summed E-state index contributed by atoms with van der Waals surface area (Å²) < 4.78 is 8.69. The third-order valence-electron chi connectivity index (χ3n) is 8.30. The third-order valence-corrected chi connectivity index (χ3v) is 9.12. The average Bonchev–Trinajstić information content (AvgIpc) is 3.70. The first kappa shape index (κ1) is 32.7. The molecule has 47 heavy (non-hydrogen) atoms. The molecule has 1 aliphatic heterocycles. The largest absolute Gasteiger partial charge is 0.481 e. The van der Waals surface area contributed by atoms with Gasteiger partial charge in [-0.15, -0.1) is 0 Å². The first-order chi connectivity index (χ1) is 22.8. The maximum absolute atomic E-state index is 13.1. The van der Waals surface area contributed by atoms with E-state index < -0.39 is 0 Å². The summed E-state index contributed by atoms with van der Waals surface area (Å²) in [6.07, 6.45) is 3.18. The zero-order valence-corrected chi connectivity index (χ0v) is 27.5. The van der Waals surface area contributed by atoms with E-state index in [1.807, 2.05) is 48.5 Å². The van der Waals surface area contributed by atoms with Crippen LogP contribution in [-0.2, 0) is 24.9 Å². The molecule has 1 amide bonds. The van der Waals surface area contributed by atoms with E-state index in [1.54, 1.807) is 30.9 Å². The normalized spacial score (nSPS) is 14.6. The summed E-state index contributed by atoms with van der Waals surface area (Å²) in [6, 6.07) is 17.2. The van der Waals surface area contributed by atoms with E-state index in [0.29, 0.717) is 65.6 Å². The Bertz CT molecular complexity index is 2010. The summed E-state index contributed by atoms with van der Waals surface area (Å²) in [6.45, 7) is 1.93. The van der Waals surface area contributed by atoms with Crippen LogP contribution in [0.3, 0.4) is 0 Å². The third kappa shape index (κ3) is 6.76. The number of aliphatic hydroxyl groups excluding tert-OH is 1. The van der Waals surface area contributed by atoms with Crippen LogP contribution < -0.4 is 26.2 Å². The first-order valence-electron chi connectivity index (χ1n) is 15.3. The number of nitrogens with one attached hydrogen (secondary N) is 3. The van der Waals surface area contributed by atoms with E-state index in [1.165, 1.54) is 4.57 Å². The molecule has 2 aromatic carbocycles. The molecule has 1 atom stereocenters. The Morgan fingerprint density at radius 2 is 1.72 bits per heavy atom. The predicted molar refractivity (Wildman–Crippen MR) is 183 cm³/mol. The van der Waals surface area contributed by atoms with Crippen LogP contribution in [0.25, 0.3) is 39.0 Å². The number of methoxy groups -OCH3 is 1. The number of nitrogens with zero attached hydrogens (tertiary/aromatic N) is 4. The van der Waals surface area contributed by atoms with E-state index in [0.717, 1.165) is 39.8 Å². The number of hydrogen-bond donors (Lipinski definition) is 4. The predicted octanol–water partition coefficient (Wildman–Crippen LogP) is 4.19. The average molecular weight is 677 g/mol. The summed E-state index contributed by atoms with van der Waals surface area (Å²) in [7, 11) is 3.26. The second-order valence-electron chi connectivity index (χ2n) is 11.4. The number of carbonyl (C=O) groups excluding carboxylic acids is 1. The zero-order chi connectivity index (χ0) is 33.1. The fourth-order valence-corrected chi connectivity index (χ4v) is 6.46. The standard InChI is InChI=1S/C34H35Cl2N7O4/c1-42-29(18-37-13-14-44)41-43-19-21(15-28(43)34(42)46)23-5-3-6-24(31(23)35)25-7-4-8-26(32(25)36)27-11-9-20(33(40-27)47-2)16-38-17-22-10-12-30(45)39-22/h3-9,11,15,19,22,37-38,44H,10,12-14,16-18H2,1-2H3,(H,39,45)/t22-/m0/s1. The number of pyridine rings is 1. The molecule has 1 saturated heterocycles. The van der Waals surface area contributed by atoms with Crippen molar-refractivity contribution in [3.05, 3.63) is 92.6 Å². The molecule has 244 valence electrons. The van der Waals surface area contributed by atoms with E-state index >= 15 is 0 Å². The minimum Gasteiger partial charge on any atom is -0.481 e. The van der Waals surface area contributed by atoms with Crippen molar-refractivity contribution < 1.29 is 14.6 Å². The first-order valence-corrected chi connectivity index (χ1v) is 16.1. The van der Waals surface area contributed by atoms with Crippen molar-refractivity contribution >= 4 is 34.6 Å². The maximum atomic E-state index is 13.1. The van der Waals surface area contributed by atoms with Gasteiger partial charge in [0.15, 0.2) is 0 Å². The van der Waals surface area contributed by atoms with Gasteiger partial charge in [0.2, 0.25) is 11.8 Å². The number of aliphatic hydroxyl groups is 1. The van der Waals surface area contributed by atoms with E-state index in [2.05, 4.69) is 21.0 Å². The summed E-state index contributed by atoms with van der Waals surface area (Å²) in [5.74, 6) is 1.11. The summed E-state index contributed by atoms with van der Waals surface area (Å²) >= 11 is 14.1. The van der Waals surface area contributed by atoms with Gasteiger partial charge in [-0.2, -0.15) is 5.10 Å². The van der Waals surface area contributed by atoms with Gasteiger partial charge < -0.3 is 25.8 Å². The fourth-order valence-electron chi connectivity index (χ4n) is 5.80. The quantitative estimate of drug-likeness (QED) is 0.145. The molecule has 0 saturated carbocycles. The Kier molecular flexibility index (Phi) is 9.90. The van der Waals surface area contributed by atoms with Gasteiger partial charge in [-0.05, 0) is 18.6 Å². The molecule has 3 aromatic heterocycles. The number of ether oxygens (including phenoxy) is 1. The van der Waals surface area contributed by atoms with Crippen molar-refractivity contribution in [2.75, 3.05) is 26.8 Å². The highest BCUT2D eigenvalue weighted by atomic mass is 35.5. The molecule has 6 rings (SSSR count). The van der Waals surface area contributed by atoms with Crippen LogP contribution in [0, 0.1) is 0 Å². The summed E-state index contributed by atoms with van der Waals surface area (Å²) in [5.41, 5.74) is 5.41. The van der Waals surface area contributed by atoms with Gasteiger partial charge in [0.05, 0.1) is 36.0 Å². The van der Waals surface area contributed by atoms with Crippen LogP contribution in [0.5, 0.6) is 5.88 Å². The molecule has 4 N–H and O–H groups in total. The summed E-state index contributed by atoms with van der Waals surface area (Å²) in [4.78, 5) is 29.4. The Morgan fingerprint density at radius 1 is 1.00 bits per heavy atom. The van der Waals surface area contributed by atoms with Crippen LogP contribution >= 0.6 is 23.2 Å². The highest BCUT2D eigenvalue weighted by Gasteiger charge is 2.21. The molecule has 0 radical (unpaired) electrons. The lowest BCUT2D eigenvalue weighted by Gasteiger charge is -2.15. The van der Waals surface area contributed by atoms with Crippen molar-refractivity contribution in [1.82, 2.24) is 35.1 Å². The monoisotopic (exact) mass is 675 g/mol. The number of aromatic nitrogens is 4. The molecule has 1 fully saturated rings. The molecule has 0 unspecified atom stereocenters. The molecule has 5 aromatic rings. The number of halogens is 2. The molecule has 13 heteroatoms. The summed E-state index contributed by atoms with van der Waals surface area (Å²) in [5, 5.41) is 24.1. The van der Waals surface area contributed by atoms with Gasteiger partial charge in [-0.25, -0.2) is 9.50 Å². The van der Waals surface area contributed by atoms with Crippen LogP contribution in [0.15, 0.2) is 65.6 Å². The van der Waals surface area contributed by atoms with Crippen LogP contribution in [-0.4, -0.2) is 63.0 Å². The topological polar surface area (TPSA) is 135 Å². The van der Waals surface area contributed by atoms with Crippen molar-refractivity contribution in [3.63, 3.8) is 0 Å². The van der Waals surface area contributed by atoms with Gasteiger partial charge in [0.1, 0.15) is 11.3 Å². The van der Waals surface area contributed by atoms with Crippen LogP contribution in [0.2, 0.25) is 10.0 Å². The van der Waals surface area contributed by atoms with Gasteiger partial charge in [0.25, 0.3) is 5.56 Å². The van der Waals surface area contributed by atoms with Gasteiger partial charge in [-0.1, -0.05) is 65.7 Å². The van der Waals surface area contributed by atoms with Crippen molar-refractivity contribution in [3.8, 4) is 39.4 Å². The minimum atomic E-state index is -0.192. The molecule has 0 aliphatic carbocycles. The molecule has 1 aliphatic rings. The number of rotatable bonds is 12. The maximum Gasteiger partial charge on any atom is 0.277 e. The molecular formula is C34H35Cl2N7O4. The number of benzene rings is 2. The number of carbonyl (C=O) groups is 1. The van der Waals surface area contributed by atoms with E-state index in [-0.39, 0.29) is 24.1 Å². The second kappa shape index (κ2) is 14.2. The Hall–Kier alpha value is -4.26.